The molecule has 2 heterocycles. The number of anilines is 2. The third kappa shape index (κ3) is 5.23. The summed E-state index contributed by atoms with van der Waals surface area (Å²) in [6.07, 6.45) is 3.51. The molecule has 9 nitrogen and oxygen atoms in total. The number of hydrogen-bond acceptors (Lipinski definition) is 6. The molecule has 0 radical (unpaired) electrons. The second-order valence-corrected chi connectivity index (χ2v) is 10.00. The molecule has 1 aromatic heterocycles. The fraction of sp³-hybridized carbons (Fsp3) is 0.208. The molecule has 1 aliphatic heterocycles. The number of sulfonamides is 1. The monoisotopic (exact) mass is 514 g/mol. The van der Waals surface area contributed by atoms with E-state index in [0.717, 1.165) is 9.87 Å². The number of fused-ring (bicyclic) bond motifs is 1. The van der Waals surface area contributed by atoms with Gasteiger partial charge in [0.05, 0.1) is 24.9 Å². The van der Waals surface area contributed by atoms with Crippen molar-refractivity contribution in [3.63, 3.8) is 0 Å². The van der Waals surface area contributed by atoms with Gasteiger partial charge in [0.1, 0.15) is 16.7 Å². The molecular formula is C24H23ClN4O5S. The van der Waals surface area contributed by atoms with Gasteiger partial charge in [-0.2, -0.15) is 0 Å². The van der Waals surface area contributed by atoms with Crippen LogP contribution in [0.4, 0.5) is 11.4 Å². The Morgan fingerprint density at radius 3 is 2.66 bits per heavy atom. The molecule has 0 fully saturated rings. The van der Waals surface area contributed by atoms with Gasteiger partial charge in [-0.05, 0) is 54.4 Å². The number of rotatable bonds is 8. The van der Waals surface area contributed by atoms with Gasteiger partial charge in [-0.15, -0.1) is 0 Å². The van der Waals surface area contributed by atoms with Crippen LogP contribution in [0.15, 0.2) is 71.9 Å². The number of ether oxygens (including phenoxy) is 1. The van der Waals surface area contributed by atoms with Crippen LogP contribution < -0.4 is 19.7 Å². The van der Waals surface area contributed by atoms with E-state index in [2.05, 4.69) is 15.6 Å². The average Bonchev–Trinajstić information content (AvgIpc) is 2.85. The van der Waals surface area contributed by atoms with Gasteiger partial charge in [0, 0.05) is 24.0 Å². The van der Waals surface area contributed by atoms with Gasteiger partial charge in [-0.3, -0.25) is 18.9 Å². The molecule has 4 rings (SSSR count). The van der Waals surface area contributed by atoms with E-state index in [1.165, 1.54) is 25.3 Å². The van der Waals surface area contributed by atoms with E-state index < -0.39 is 27.9 Å². The zero-order chi connectivity index (χ0) is 25.0. The molecule has 2 amide bonds. The first-order valence-electron chi connectivity index (χ1n) is 10.7. The van der Waals surface area contributed by atoms with Crippen molar-refractivity contribution < 1.29 is 22.7 Å². The summed E-state index contributed by atoms with van der Waals surface area (Å²) >= 11 is 6.09. The van der Waals surface area contributed by atoms with E-state index in [1.54, 1.807) is 36.7 Å². The summed E-state index contributed by atoms with van der Waals surface area (Å²) in [5, 5.41) is 5.65. The van der Waals surface area contributed by atoms with Crippen LogP contribution in [0.5, 0.6) is 5.75 Å². The molecule has 3 aromatic rings. The summed E-state index contributed by atoms with van der Waals surface area (Å²) in [6, 6.07) is 13.0. The van der Waals surface area contributed by atoms with Crippen molar-refractivity contribution in [1.29, 1.82) is 0 Å². The van der Waals surface area contributed by atoms with Crippen molar-refractivity contribution in [2.24, 2.45) is 0 Å². The number of benzene rings is 2. The minimum atomic E-state index is -4.36. The first kappa shape index (κ1) is 24.5. The number of amides is 2. The minimum absolute atomic E-state index is 0.0680. The van der Waals surface area contributed by atoms with Crippen molar-refractivity contribution in [2.45, 2.75) is 23.8 Å². The number of carbonyl (C=O) groups excluding carboxylic acids is 2. The van der Waals surface area contributed by atoms with Crippen molar-refractivity contribution in [1.82, 2.24) is 10.3 Å². The van der Waals surface area contributed by atoms with Gasteiger partial charge in [-0.25, -0.2) is 8.42 Å². The topological polar surface area (TPSA) is 118 Å². The molecule has 11 heteroatoms. The second-order valence-electron chi connectivity index (χ2n) is 7.78. The highest BCUT2D eigenvalue weighted by molar-refractivity contribution is 7.93. The SMILES string of the molecule is COc1ccc(Cl)cc1S(=O)(=O)N1c2ccccc2NC(=O)C1CC(=O)NCCc1ccncc1. The molecular weight excluding hydrogens is 492 g/mol. The Bertz CT molecular complexity index is 1350. The molecule has 0 saturated carbocycles. The molecule has 1 aliphatic rings. The number of aromatic nitrogens is 1. The Morgan fingerprint density at radius 2 is 1.91 bits per heavy atom. The number of nitrogens with one attached hydrogen (secondary N) is 2. The van der Waals surface area contributed by atoms with Crippen LogP contribution in [0.1, 0.15) is 12.0 Å². The van der Waals surface area contributed by atoms with Gasteiger partial charge in [0.2, 0.25) is 11.8 Å². The number of pyridine rings is 1. The molecule has 0 spiro atoms. The lowest BCUT2D eigenvalue weighted by Crippen LogP contribution is -2.52. The van der Waals surface area contributed by atoms with E-state index in [1.807, 2.05) is 12.1 Å². The number of carbonyl (C=O) groups is 2. The highest BCUT2D eigenvalue weighted by Gasteiger charge is 2.43. The second kappa shape index (κ2) is 10.3. The number of methoxy groups -OCH3 is 1. The van der Waals surface area contributed by atoms with Crippen molar-refractivity contribution in [3.05, 3.63) is 77.6 Å². The smallest absolute Gasteiger partial charge is 0.268 e. The third-order valence-electron chi connectivity index (χ3n) is 5.51. The Kier molecular flexibility index (Phi) is 7.23. The zero-order valence-corrected chi connectivity index (χ0v) is 20.3. The summed E-state index contributed by atoms with van der Waals surface area (Å²) in [5.41, 5.74) is 1.54. The minimum Gasteiger partial charge on any atom is -0.495 e. The van der Waals surface area contributed by atoms with Gasteiger partial charge in [-0.1, -0.05) is 23.7 Å². The largest absolute Gasteiger partial charge is 0.495 e. The summed E-state index contributed by atoms with van der Waals surface area (Å²) in [5.74, 6) is -1.01. The summed E-state index contributed by atoms with van der Waals surface area (Å²) in [4.78, 5) is 29.6. The molecule has 1 unspecified atom stereocenters. The number of halogens is 1. The molecule has 1 atom stereocenters. The van der Waals surface area contributed by atoms with Crippen LogP contribution in [0, 0.1) is 0 Å². The maximum atomic E-state index is 13.9. The Balaban J connectivity index is 1.65. The summed E-state index contributed by atoms with van der Waals surface area (Å²) in [7, 11) is -3.02. The first-order valence-corrected chi connectivity index (χ1v) is 12.6. The lowest BCUT2D eigenvalue weighted by molar-refractivity contribution is -0.125. The molecule has 0 aliphatic carbocycles. The normalized spacial score (nSPS) is 15.2. The average molecular weight is 515 g/mol. The third-order valence-corrected chi connectivity index (χ3v) is 7.59. The Morgan fingerprint density at radius 1 is 1.17 bits per heavy atom. The van der Waals surface area contributed by atoms with Gasteiger partial charge >= 0.3 is 0 Å². The van der Waals surface area contributed by atoms with Crippen LogP contribution >= 0.6 is 11.6 Å². The van der Waals surface area contributed by atoms with E-state index >= 15 is 0 Å². The number of hydrogen-bond donors (Lipinski definition) is 2. The predicted octanol–water partition coefficient (Wildman–Crippen LogP) is 3.01. The van der Waals surface area contributed by atoms with E-state index in [-0.39, 0.29) is 27.8 Å². The summed E-state index contributed by atoms with van der Waals surface area (Å²) in [6.45, 7) is 0.322. The maximum Gasteiger partial charge on any atom is 0.268 e. The van der Waals surface area contributed by atoms with Crippen molar-refractivity contribution in [3.8, 4) is 5.75 Å². The van der Waals surface area contributed by atoms with Crippen LogP contribution in [0.3, 0.4) is 0 Å². The van der Waals surface area contributed by atoms with E-state index in [9.17, 15) is 18.0 Å². The van der Waals surface area contributed by atoms with Crippen LogP contribution in [0.25, 0.3) is 0 Å². The highest BCUT2D eigenvalue weighted by Crippen LogP contribution is 2.39. The van der Waals surface area contributed by atoms with Crippen LogP contribution in [-0.2, 0) is 26.0 Å². The molecule has 35 heavy (non-hydrogen) atoms. The van der Waals surface area contributed by atoms with Gasteiger partial charge in [0.25, 0.3) is 10.0 Å². The van der Waals surface area contributed by atoms with Gasteiger partial charge in [0.15, 0.2) is 0 Å². The van der Waals surface area contributed by atoms with E-state index in [0.29, 0.717) is 18.7 Å². The Hall–Kier alpha value is -3.63. The molecule has 0 saturated heterocycles. The highest BCUT2D eigenvalue weighted by atomic mass is 35.5. The van der Waals surface area contributed by atoms with E-state index in [4.69, 9.17) is 16.3 Å². The lowest BCUT2D eigenvalue weighted by atomic mass is 10.1. The predicted molar refractivity (Wildman–Crippen MR) is 132 cm³/mol. The summed E-state index contributed by atoms with van der Waals surface area (Å²) < 4.78 is 34.0. The van der Waals surface area contributed by atoms with Gasteiger partial charge < -0.3 is 15.4 Å². The molecule has 2 N–H and O–H groups in total. The quantitative estimate of drug-likeness (QED) is 0.477. The number of para-hydroxylation sites is 2. The van der Waals surface area contributed by atoms with Crippen LogP contribution in [-0.4, -0.2) is 44.9 Å². The molecule has 0 bridgehead atoms. The van der Waals surface area contributed by atoms with Crippen LogP contribution in [0.2, 0.25) is 5.02 Å². The van der Waals surface area contributed by atoms with Crippen molar-refractivity contribution >= 4 is 44.8 Å². The lowest BCUT2D eigenvalue weighted by Gasteiger charge is -2.37. The Labute approximate surface area is 208 Å². The number of nitrogens with zero attached hydrogens (tertiary/aromatic N) is 2. The zero-order valence-electron chi connectivity index (χ0n) is 18.8. The standard InChI is InChI=1S/C24H23ClN4O5S/c1-34-21-7-6-17(25)14-22(21)35(32,33)29-19-5-3-2-4-18(19)28-24(31)20(29)15-23(30)27-13-10-16-8-11-26-12-9-16/h2-9,11-12,14,20H,10,13,15H2,1H3,(H,27,30)(H,28,31). The van der Waals surface area contributed by atoms with Crippen molar-refractivity contribution in [2.75, 3.05) is 23.3 Å². The fourth-order valence-electron chi connectivity index (χ4n) is 3.84. The maximum absolute atomic E-state index is 13.9. The molecule has 182 valence electrons. The first-order chi connectivity index (χ1) is 16.8. The molecule has 2 aromatic carbocycles. The fourth-order valence-corrected chi connectivity index (χ4v) is 5.89.